The van der Waals surface area contributed by atoms with Gasteiger partial charge in [0.05, 0.1) is 7.11 Å². The maximum atomic E-state index is 11.5. The number of hydrogen-bond acceptors (Lipinski definition) is 2. The first-order valence-electron chi connectivity index (χ1n) is 7.02. The Morgan fingerprint density at radius 3 is 2.39 bits per heavy atom. The monoisotopic (exact) mass is 250 g/mol. The Morgan fingerprint density at radius 1 is 1.11 bits per heavy atom. The second-order valence-electron chi connectivity index (χ2n) is 4.40. The Hall–Kier alpha value is -1.23. The topological polar surface area (TPSA) is 26.3 Å². The highest BCUT2D eigenvalue weighted by Crippen LogP contribution is 2.10. The van der Waals surface area contributed by atoms with Crippen LogP contribution in [0.3, 0.4) is 0 Å². The summed E-state index contributed by atoms with van der Waals surface area (Å²) in [7, 11) is 1.42. The maximum absolute atomic E-state index is 11.5. The van der Waals surface area contributed by atoms with Crippen molar-refractivity contribution in [3.05, 3.63) is 11.6 Å². The lowest BCUT2D eigenvalue weighted by atomic mass is 10.1. The van der Waals surface area contributed by atoms with Gasteiger partial charge in [-0.2, -0.15) is 0 Å². The summed E-state index contributed by atoms with van der Waals surface area (Å²) >= 11 is 0. The van der Waals surface area contributed by atoms with Gasteiger partial charge in [0.15, 0.2) is 0 Å². The number of carbonyl (C=O) groups excluding carboxylic acids is 1. The number of allylic oxidation sites excluding steroid dienone is 1. The molecule has 18 heavy (non-hydrogen) atoms. The Kier molecular flexibility index (Phi) is 11.4. The largest absolute Gasteiger partial charge is 0.466 e. The predicted molar refractivity (Wildman–Crippen MR) is 76.2 cm³/mol. The van der Waals surface area contributed by atoms with E-state index in [1.807, 2.05) is 0 Å². The molecule has 0 fully saturated rings. The van der Waals surface area contributed by atoms with Crippen molar-refractivity contribution in [1.29, 1.82) is 0 Å². The molecule has 0 amide bonds. The maximum Gasteiger partial charge on any atom is 0.334 e. The van der Waals surface area contributed by atoms with E-state index in [4.69, 9.17) is 4.74 Å². The van der Waals surface area contributed by atoms with Crippen LogP contribution in [-0.2, 0) is 9.53 Å². The van der Waals surface area contributed by atoms with Crippen molar-refractivity contribution in [2.24, 2.45) is 0 Å². The smallest absolute Gasteiger partial charge is 0.334 e. The van der Waals surface area contributed by atoms with Crippen LogP contribution in [0.4, 0.5) is 0 Å². The third-order valence-corrected chi connectivity index (χ3v) is 2.75. The fourth-order valence-corrected chi connectivity index (χ4v) is 1.60. The average molecular weight is 250 g/mol. The Morgan fingerprint density at radius 2 is 1.78 bits per heavy atom. The van der Waals surface area contributed by atoms with Crippen molar-refractivity contribution in [3.63, 3.8) is 0 Å². The first kappa shape index (κ1) is 16.8. The number of methoxy groups -OCH3 is 1. The number of esters is 1. The summed E-state index contributed by atoms with van der Waals surface area (Å²) in [5, 5.41) is 0. The van der Waals surface area contributed by atoms with Gasteiger partial charge in [-0.15, -0.1) is 0 Å². The van der Waals surface area contributed by atoms with E-state index < -0.39 is 0 Å². The molecular weight excluding hydrogens is 224 g/mol. The van der Waals surface area contributed by atoms with Crippen molar-refractivity contribution in [2.45, 2.75) is 65.2 Å². The quantitative estimate of drug-likeness (QED) is 0.278. The highest BCUT2D eigenvalue weighted by atomic mass is 16.5. The fraction of sp³-hybridized carbons (Fsp3) is 0.688. The molecule has 0 aromatic carbocycles. The first-order valence-corrected chi connectivity index (χ1v) is 7.02. The summed E-state index contributed by atoms with van der Waals surface area (Å²) in [6.07, 6.45) is 10.3. The number of carbonyl (C=O) groups is 1. The zero-order valence-corrected chi connectivity index (χ0v) is 12.1. The van der Waals surface area contributed by atoms with Crippen LogP contribution in [0.5, 0.6) is 0 Å². The van der Waals surface area contributed by atoms with E-state index in [0.29, 0.717) is 5.57 Å². The van der Waals surface area contributed by atoms with Crippen LogP contribution >= 0.6 is 0 Å². The molecule has 0 unspecified atom stereocenters. The summed E-state index contributed by atoms with van der Waals surface area (Å²) in [6.45, 7) is 4.32. The van der Waals surface area contributed by atoms with Gasteiger partial charge < -0.3 is 4.74 Å². The molecule has 0 aliphatic heterocycles. The number of unbranched alkanes of at least 4 members (excludes halogenated alkanes) is 5. The molecule has 2 heteroatoms. The lowest BCUT2D eigenvalue weighted by Gasteiger charge is -2.02. The van der Waals surface area contributed by atoms with Gasteiger partial charge in [-0.05, 0) is 25.3 Å². The molecule has 0 aromatic heterocycles. The molecule has 0 rings (SSSR count). The van der Waals surface area contributed by atoms with Gasteiger partial charge in [-0.1, -0.05) is 51.4 Å². The predicted octanol–water partition coefficient (Wildman–Crippen LogP) is 4.25. The zero-order chi connectivity index (χ0) is 13.6. The second kappa shape index (κ2) is 12.2. The molecule has 0 radical (unpaired) electrons. The standard InChI is InChI=1S/C16H26O2/c1-4-6-8-9-10-12-14-15(16(17)18-3)13-11-7-5-2/h14H,4-9,11,13H2,1-3H3/b15-14+. The SMILES string of the molecule is CCCCCC#C/C=C(\CCCCC)C(=O)OC. The minimum absolute atomic E-state index is 0.242. The van der Waals surface area contributed by atoms with Gasteiger partial charge in [0, 0.05) is 12.0 Å². The average Bonchev–Trinajstić information content (AvgIpc) is 2.40. The molecule has 0 aliphatic carbocycles. The molecular formula is C16H26O2. The molecule has 102 valence electrons. The first-order chi connectivity index (χ1) is 8.76. The van der Waals surface area contributed by atoms with Crippen molar-refractivity contribution in [2.75, 3.05) is 7.11 Å². The molecule has 0 spiro atoms. The minimum atomic E-state index is -0.242. The normalized spacial score (nSPS) is 10.7. The van der Waals surface area contributed by atoms with Gasteiger partial charge in [-0.25, -0.2) is 4.79 Å². The van der Waals surface area contributed by atoms with Crippen molar-refractivity contribution >= 4 is 5.97 Å². The van der Waals surface area contributed by atoms with Gasteiger partial charge in [-0.3, -0.25) is 0 Å². The Labute approximate surface area is 112 Å². The van der Waals surface area contributed by atoms with Crippen LogP contribution in [0.2, 0.25) is 0 Å². The van der Waals surface area contributed by atoms with Crippen LogP contribution in [0.25, 0.3) is 0 Å². The molecule has 0 aliphatic rings. The Bertz CT molecular complexity index is 305. The van der Waals surface area contributed by atoms with Gasteiger partial charge in [0.2, 0.25) is 0 Å². The highest BCUT2D eigenvalue weighted by Gasteiger charge is 2.07. The molecule has 0 saturated heterocycles. The summed E-state index contributed by atoms with van der Waals surface area (Å²) in [5.41, 5.74) is 0.703. The van der Waals surface area contributed by atoms with E-state index in [0.717, 1.165) is 38.5 Å². The lowest BCUT2D eigenvalue weighted by molar-refractivity contribution is -0.136. The fourth-order valence-electron chi connectivity index (χ4n) is 1.60. The van der Waals surface area contributed by atoms with Crippen LogP contribution < -0.4 is 0 Å². The molecule has 2 nitrogen and oxygen atoms in total. The van der Waals surface area contributed by atoms with E-state index >= 15 is 0 Å². The second-order valence-corrected chi connectivity index (χ2v) is 4.40. The van der Waals surface area contributed by atoms with Gasteiger partial charge in [0.1, 0.15) is 0 Å². The summed E-state index contributed by atoms with van der Waals surface area (Å²) in [4.78, 5) is 11.5. The van der Waals surface area contributed by atoms with Crippen LogP contribution in [-0.4, -0.2) is 13.1 Å². The molecule has 0 aromatic rings. The van der Waals surface area contributed by atoms with E-state index in [1.165, 1.54) is 20.0 Å². The van der Waals surface area contributed by atoms with Crippen molar-refractivity contribution in [1.82, 2.24) is 0 Å². The molecule has 0 bridgehead atoms. The molecule has 0 N–H and O–H groups in total. The van der Waals surface area contributed by atoms with Crippen molar-refractivity contribution < 1.29 is 9.53 Å². The lowest BCUT2D eigenvalue weighted by Crippen LogP contribution is -2.04. The minimum Gasteiger partial charge on any atom is -0.466 e. The van der Waals surface area contributed by atoms with E-state index in [-0.39, 0.29) is 5.97 Å². The van der Waals surface area contributed by atoms with E-state index in [9.17, 15) is 4.79 Å². The van der Waals surface area contributed by atoms with Crippen LogP contribution in [0.15, 0.2) is 11.6 Å². The summed E-state index contributed by atoms with van der Waals surface area (Å²) < 4.78 is 4.76. The van der Waals surface area contributed by atoms with Gasteiger partial charge in [0.25, 0.3) is 0 Å². The van der Waals surface area contributed by atoms with Gasteiger partial charge >= 0.3 is 5.97 Å². The highest BCUT2D eigenvalue weighted by molar-refractivity contribution is 5.88. The molecule has 0 saturated carbocycles. The number of ether oxygens (including phenoxy) is 1. The van der Waals surface area contributed by atoms with Crippen LogP contribution in [0.1, 0.15) is 65.2 Å². The molecule has 0 heterocycles. The van der Waals surface area contributed by atoms with Crippen molar-refractivity contribution in [3.8, 4) is 11.8 Å². The number of hydrogen-bond donors (Lipinski definition) is 0. The van der Waals surface area contributed by atoms with Crippen LogP contribution in [0, 0.1) is 11.8 Å². The summed E-state index contributed by atoms with van der Waals surface area (Å²) in [5.74, 6) is 5.82. The zero-order valence-electron chi connectivity index (χ0n) is 12.1. The Balaban J connectivity index is 4.22. The summed E-state index contributed by atoms with van der Waals surface area (Å²) in [6, 6.07) is 0. The third-order valence-electron chi connectivity index (χ3n) is 2.75. The molecule has 0 atom stereocenters. The third kappa shape index (κ3) is 8.87. The van der Waals surface area contributed by atoms with E-state index in [2.05, 4.69) is 25.7 Å². The number of rotatable bonds is 8. The van der Waals surface area contributed by atoms with E-state index in [1.54, 1.807) is 6.08 Å².